The fraction of sp³-hybridized carbons (Fsp3) is 0.750. The van der Waals surface area contributed by atoms with Crippen molar-refractivity contribution in [2.45, 2.75) is 32.8 Å². The van der Waals surface area contributed by atoms with Crippen molar-refractivity contribution in [3.8, 4) is 0 Å². The molecule has 0 N–H and O–H groups in total. The molecule has 0 unspecified atom stereocenters. The van der Waals surface area contributed by atoms with E-state index in [0.717, 1.165) is 19.4 Å². The van der Waals surface area contributed by atoms with Crippen molar-refractivity contribution in [3.63, 3.8) is 0 Å². The topological polar surface area (TPSA) is 9.23 Å². The second-order valence-corrected chi connectivity index (χ2v) is 2.35. The quantitative estimate of drug-likeness (QED) is 0.408. The molecule has 9 heavy (non-hydrogen) atoms. The second-order valence-electron chi connectivity index (χ2n) is 2.35. The highest BCUT2D eigenvalue weighted by atomic mass is 16.5. The number of allylic oxidation sites excluding steroid dienone is 1. The van der Waals surface area contributed by atoms with Crippen LogP contribution in [0.15, 0.2) is 12.7 Å². The Labute approximate surface area is 57.7 Å². The smallest absolute Gasteiger partial charge is 0.0518 e. The number of rotatable bonds is 5. The molecule has 1 nitrogen and oxygen atoms in total. The van der Waals surface area contributed by atoms with Gasteiger partial charge in [0.25, 0.3) is 0 Å². The summed E-state index contributed by atoms with van der Waals surface area (Å²) in [5.41, 5.74) is 0. The first-order chi connectivity index (χ1) is 4.27. The Morgan fingerprint density at radius 1 is 1.56 bits per heavy atom. The number of unbranched alkanes of at least 4 members (excludes halogenated alkanes) is 1. The monoisotopic (exact) mass is 128 g/mol. The molecule has 0 aliphatic heterocycles. The first kappa shape index (κ1) is 8.70. The molecule has 54 valence electrons. The van der Waals surface area contributed by atoms with Gasteiger partial charge in [0.2, 0.25) is 0 Å². The molecule has 0 spiro atoms. The molecule has 0 radical (unpaired) electrons. The summed E-state index contributed by atoms with van der Waals surface area (Å²) in [6.07, 6.45) is 4.45. The summed E-state index contributed by atoms with van der Waals surface area (Å²) < 4.78 is 5.30. The third-order valence-corrected chi connectivity index (χ3v) is 1.00. The maximum Gasteiger partial charge on any atom is 0.0518 e. The van der Waals surface area contributed by atoms with Crippen LogP contribution in [0.2, 0.25) is 0 Å². The zero-order chi connectivity index (χ0) is 7.11. The highest BCUT2D eigenvalue weighted by Gasteiger charge is 1.89. The molecule has 0 bridgehead atoms. The Morgan fingerprint density at radius 3 is 2.67 bits per heavy atom. The van der Waals surface area contributed by atoms with Crippen LogP contribution >= 0.6 is 0 Å². The van der Waals surface area contributed by atoms with Crippen LogP contribution in [-0.2, 0) is 4.74 Å². The largest absolute Gasteiger partial charge is 0.379 e. The van der Waals surface area contributed by atoms with Crippen molar-refractivity contribution in [1.82, 2.24) is 0 Å². The van der Waals surface area contributed by atoms with Gasteiger partial charge in [-0.1, -0.05) is 6.08 Å². The van der Waals surface area contributed by atoms with Crippen LogP contribution in [-0.4, -0.2) is 12.7 Å². The van der Waals surface area contributed by atoms with Gasteiger partial charge in [-0.25, -0.2) is 0 Å². The molecule has 0 aliphatic carbocycles. The molecule has 0 aromatic rings. The summed E-state index contributed by atoms with van der Waals surface area (Å²) in [5.74, 6) is 0. The van der Waals surface area contributed by atoms with Gasteiger partial charge in [-0.15, -0.1) is 6.58 Å². The van der Waals surface area contributed by atoms with E-state index in [1.807, 2.05) is 19.9 Å². The second kappa shape index (κ2) is 5.83. The van der Waals surface area contributed by atoms with Crippen molar-refractivity contribution in [3.05, 3.63) is 12.7 Å². The molecular weight excluding hydrogens is 112 g/mol. The van der Waals surface area contributed by atoms with Gasteiger partial charge in [0.1, 0.15) is 0 Å². The highest BCUT2D eigenvalue weighted by molar-refractivity contribution is 4.64. The molecule has 0 amide bonds. The average Bonchev–Trinajstić information content (AvgIpc) is 1.80. The standard InChI is InChI=1S/C8H16O/c1-4-5-6-7-9-8(2)3/h4,8H,1,5-7H2,2-3H3. The van der Waals surface area contributed by atoms with E-state index in [2.05, 4.69) is 6.58 Å². The summed E-state index contributed by atoms with van der Waals surface area (Å²) in [7, 11) is 0. The molecule has 0 heterocycles. The fourth-order valence-corrected chi connectivity index (χ4v) is 0.547. The van der Waals surface area contributed by atoms with Crippen LogP contribution in [0, 0.1) is 0 Å². The van der Waals surface area contributed by atoms with E-state index in [9.17, 15) is 0 Å². The molecule has 1 heteroatoms. The van der Waals surface area contributed by atoms with Gasteiger partial charge >= 0.3 is 0 Å². The van der Waals surface area contributed by atoms with E-state index in [0.29, 0.717) is 6.10 Å². The number of hydrogen-bond donors (Lipinski definition) is 0. The minimum atomic E-state index is 0.370. The maximum absolute atomic E-state index is 5.30. The van der Waals surface area contributed by atoms with Crippen molar-refractivity contribution in [2.24, 2.45) is 0 Å². The summed E-state index contributed by atoms with van der Waals surface area (Å²) in [6, 6.07) is 0. The molecule has 0 saturated heterocycles. The summed E-state index contributed by atoms with van der Waals surface area (Å²) in [6.45, 7) is 8.59. The van der Waals surface area contributed by atoms with Gasteiger partial charge in [0, 0.05) is 6.61 Å². The lowest BCUT2D eigenvalue weighted by Crippen LogP contribution is -2.02. The van der Waals surface area contributed by atoms with Crippen molar-refractivity contribution < 1.29 is 4.74 Å². The number of ether oxygens (including phenoxy) is 1. The summed E-state index contributed by atoms with van der Waals surface area (Å²) >= 11 is 0. The zero-order valence-corrected chi connectivity index (χ0v) is 6.39. The van der Waals surface area contributed by atoms with Gasteiger partial charge in [-0.05, 0) is 26.7 Å². The Kier molecular flexibility index (Phi) is 5.64. The van der Waals surface area contributed by atoms with Gasteiger partial charge in [0.15, 0.2) is 0 Å². The summed E-state index contributed by atoms with van der Waals surface area (Å²) in [5, 5.41) is 0. The average molecular weight is 128 g/mol. The third kappa shape index (κ3) is 7.70. The predicted molar refractivity (Wildman–Crippen MR) is 40.5 cm³/mol. The molecular formula is C8H16O. The van der Waals surface area contributed by atoms with Crippen molar-refractivity contribution in [1.29, 1.82) is 0 Å². The van der Waals surface area contributed by atoms with E-state index >= 15 is 0 Å². The lowest BCUT2D eigenvalue weighted by atomic mass is 10.3. The lowest BCUT2D eigenvalue weighted by Gasteiger charge is -2.04. The van der Waals surface area contributed by atoms with E-state index in [1.54, 1.807) is 0 Å². The van der Waals surface area contributed by atoms with Crippen LogP contribution in [0.3, 0.4) is 0 Å². The maximum atomic E-state index is 5.30. The zero-order valence-electron chi connectivity index (χ0n) is 6.39. The van der Waals surface area contributed by atoms with Gasteiger partial charge < -0.3 is 4.74 Å². The fourth-order valence-electron chi connectivity index (χ4n) is 0.547. The van der Waals surface area contributed by atoms with Crippen LogP contribution in [0.4, 0.5) is 0 Å². The highest BCUT2D eigenvalue weighted by Crippen LogP contribution is 1.93. The van der Waals surface area contributed by atoms with Gasteiger partial charge in [-0.3, -0.25) is 0 Å². The van der Waals surface area contributed by atoms with Crippen LogP contribution in [0.25, 0.3) is 0 Å². The lowest BCUT2D eigenvalue weighted by molar-refractivity contribution is 0.0775. The van der Waals surface area contributed by atoms with Crippen LogP contribution in [0.1, 0.15) is 26.7 Å². The normalized spacial score (nSPS) is 10.1. The Hall–Kier alpha value is -0.300. The van der Waals surface area contributed by atoms with E-state index in [1.165, 1.54) is 0 Å². The first-order valence-corrected chi connectivity index (χ1v) is 3.50. The minimum absolute atomic E-state index is 0.370. The molecule has 0 aromatic carbocycles. The van der Waals surface area contributed by atoms with E-state index in [-0.39, 0.29) is 0 Å². The van der Waals surface area contributed by atoms with Gasteiger partial charge in [-0.2, -0.15) is 0 Å². The van der Waals surface area contributed by atoms with E-state index < -0.39 is 0 Å². The van der Waals surface area contributed by atoms with E-state index in [4.69, 9.17) is 4.74 Å². The molecule has 0 aromatic heterocycles. The first-order valence-electron chi connectivity index (χ1n) is 3.50. The molecule has 0 saturated carbocycles. The van der Waals surface area contributed by atoms with Crippen LogP contribution < -0.4 is 0 Å². The molecule has 0 aliphatic rings. The number of hydrogen-bond acceptors (Lipinski definition) is 1. The SMILES string of the molecule is C=CCCCOC(C)C. The molecule has 0 fully saturated rings. The van der Waals surface area contributed by atoms with Crippen molar-refractivity contribution >= 4 is 0 Å². The minimum Gasteiger partial charge on any atom is -0.379 e. The molecule has 0 atom stereocenters. The Bertz CT molecular complexity index is 67.0. The van der Waals surface area contributed by atoms with Crippen LogP contribution in [0.5, 0.6) is 0 Å². The van der Waals surface area contributed by atoms with Gasteiger partial charge in [0.05, 0.1) is 6.10 Å². The third-order valence-electron chi connectivity index (χ3n) is 1.00. The predicted octanol–water partition coefficient (Wildman–Crippen LogP) is 2.38. The Morgan fingerprint density at radius 2 is 2.22 bits per heavy atom. The summed E-state index contributed by atoms with van der Waals surface area (Å²) in [4.78, 5) is 0. The Balaban J connectivity index is 2.82. The van der Waals surface area contributed by atoms with Crippen molar-refractivity contribution in [2.75, 3.05) is 6.61 Å². The molecule has 0 rings (SSSR count).